The highest BCUT2D eigenvalue weighted by atomic mass is 19.1. The molecule has 1 aromatic carbocycles. The SMILES string of the molecule is O=C(O)CCCCN1C[C@H](C(=O)O)[C@@H](c2ccc(F)cc2)C1. The Hall–Kier alpha value is -1.95. The molecule has 0 amide bonds. The summed E-state index contributed by atoms with van der Waals surface area (Å²) in [7, 11) is 0. The van der Waals surface area contributed by atoms with Crippen LogP contribution in [-0.2, 0) is 9.59 Å². The van der Waals surface area contributed by atoms with E-state index in [4.69, 9.17) is 5.11 Å². The Labute approximate surface area is 128 Å². The van der Waals surface area contributed by atoms with Crippen LogP contribution in [0.2, 0.25) is 0 Å². The van der Waals surface area contributed by atoms with Gasteiger partial charge >= 0.3 is 11.9 Å². The normalized spacial score (nSPS) is 21.9. The molecule has 0 saturated carbocycles. The molecule has 1 aliphatic heterocycles. The number of likely N-dealkylation sites (tertiary alicyclic amines) is 1. The molecule has 0 spiro atoms. The van der Waals surface area contributed by atoms with Crippen molar-refractivity contribution in [2.24, 2.45) is 5.92 Å². The van der Waals surface area contributed by atoms with Crippen LogP contribution in [0.25, 0.3) is 0 Å². The highest BCUT2D eigenvalue weighted by molar-refractivity contribution is 5.72. The van der Waals surface area contributed by atoms with Gasteiger partial charge in [-0.2, -0.15) is 0 Å². The average Bonchev–Trinajstić information content (AvgIpc) is 2.88. The van der Waals surface area contributed by atoms with Crippen LogP contribution in [0.5, 0.6) is 0 Å². The van der Waals surface area contributed by atoms with E-state index >= 15 is 0 Å². The predicted octanol–water partition coefficient (Wildman–Crippen LogP) is 2.18. The van der Waals surface area contributed by atoms with Gasteiger partial charge in [-0.1, -0.05) is 12.1 Å². The first-order valence-corrected chi connectivity index (χ1v) is 7.40. The lowest BCUT2D eigenvalue weighted by Gasteiger charge is -2.16. The Kier molecular flexibility index (Phi) is 5.49. The lowest BCUT2D eigenvalue weighted by molar-refractivity contribution is -0.141. The van der Waals surface area contributed by atoms with Crippen molar-refractivity contribution in [1.82, 2.24) is 4.90 Å². The molecule has 1 heterocycles. The number of nitrogens with zero attached hydrogens (tertiary/aromatic N) is 1. The van der Waals surface area contributed by atoms with Gasteiger partial charge in [0.15, 0.2) is 0 Å². The molecule has 1 aliphatic rings. The molecule has 0 unspecified atom stereocenters. The summed E-state index contributed by atoms with van der Waals surface area (Å²) in [6, 6.07) is 5.99. The Morgan fingerprint density at radius 3 is 2.41 bits per heavy atom. The van der Waals surface area contributed by atoms with E-state index in [1.807, 2.05) is 0 Å². The van der Waals surface area contributed by atoms with E-state index in [0.29, 0.717) is 26.1 Å². The van der Waals surface area contributed by atoms with Crippen LogP contribution in [0.3, 0.4) is 0 Å². The Balaban J connectivity index is 1.96. The minimum absolute atomic E-state index is 0.136. The van der Waals surface area contributed by atoms with Crippen molar-refractivity contribution in [1.29, 1.82) is 0 Å². The van der Waals surface area contributed by atoms with Crippen molar-refractivity contribution in [3.63, 3.8) is 0 Å². The van der Waals surface area contributed by atoms with Crippen LogP contribution in [0.4, 0.5) is 4.39 Å². The summed E-state index contributed by atoms with van der Waals surface area (Å²) in [4.78, 5) is 24.0. The maximum atomic E-state index is 13.0. The largest absolute Gasteiger partial charge is 0.481 e. The van der Waals surface area contributed by atoms with Crippen molar-refractivity contribution < 1.29 is 24.2 Å². The number of benzene rings is 1. The zero-order chi connectivity index (χ0) is 16.1. The van der Waals surface area contributed by atoms with Crippen LogP contribution in [0.1, 0.15) is 30.7 Å². The minimum Gasteiger partial charge on any atom is -0.481 e. The van der Waals surface area contributed by atoms with Gasteiger partial charge in [-0.05, 0) is 37.1 Å². The molecule has 0 aromatic heterocycles. The van der Waals surface area contributed by atoms with Crippen molar-refractivity contribution >= 4 is 11.9 Å². The lowest BCUT2D eigenvalue weighted by Crippen LogP contribution is -2.24. The smallest absolute Gasteiger partial charge is 0.308 e. The molecule has 2 atom stereocenters. The molecule has 22 heavy (non-hydrogen) atoms. The van der Waals surface area contributed by atoms with Crippen molar-refractivity contribution in [3.05, 3.63) is 35.6 Å². The molecule has 0 radical (unpaired) electrons. The highest BCUT2D eigenvalue weighted by Gasteiger charge is 2.38. The number of rotatable bonds is 7. The third-order valence-electron chi connectivity index (χ3n) is 4.13. The van der Waals surface area contributed by atoms with E-state index in [1.165, 1.54) is 12.1 Å². The van der Waals surface area contributed by atoms with Crippen LogP contribution in [0, 0.1) is 11.7 Å². The van der Waals surface area contributed by atoms with Gasteiger partial charge in [0.1, 0.15) is 5.82 Å². The third kappa shape index (κ3) is 4.27. The van der Waals surface area contributed by atoms with E-state index in [2.05, 4.69) is 4.90 Å². The lowest BCUT2D eigenvalue weighted by atomic mass is 9.89. The van der Waals surface area contributed by atoms with Gasteiger partial charge in [0.25, 0.3) is 0 Å². The summed E-state index contributed by atoms with van der Waals surface area (Å²) in [5.74, 6) is -2.65. The number of carbonyl (C=O) groups is 2. The first-order chi connectivity index (χ1) is 10.5. The number of hydrogen-bond acceptors (Lipinski definition) is 3. The van der Waals surface area contributed by atoms with Crippen molar-refractivity contribution in [2.45, 2.75) is 25.2 Å². The molecule has 120 valence electrons. The Morgan fingerprint density at radius 2 is 1.82 bits per heavy atom. The predicted molar refractivity (Wildman–Crippen MR) is 78.2 cm³/mol. The standard InChI is InChI=1S/C16H20FNO4/c17-12-6-4-11(5-7-12)13-9-18(10-14(13)16(21)22)8-2-1-3-15(19)20/h4-7,13-14H,1-3,8-10H2,(H,19,20)(H,21,22)/t13-,14+/m1/s1. The summed E-state index contributed by atoms with van der Waals surface area (Å²) < 4.78 is 13.0. The number of halogens is 1. The molecule has 1 aromatic rings. The molecule has 1 saturated heterocycles. The first-order valence-electron chi connectivity index (χ1n) is 7.40. The van der Waals surface area contributed by atoms with Gasteiger partial charge < -0.3 is 15.1 Å². The summed E-state index contributed by atoms with van der Waals surface area (Å²) in [5, 5.41) is 18.0. The molecule has 0 bridgehead atoms. The monoisotopic (exact) mass is 309 g/mol. The fraction of sp³-hybridized carbons (Fsp3) is 0.500. The second-order valence-electron chi connectivity index (χ2n) is 5.71. The molecule has 2 N–H and O–H groups in total. The second-order valence-corrected chi connectivity index (χ2v) is 5.71. The molecule has 0 aliphatic carbocycles. The Morgan fingerprint density at radius 1 is 1.14 bits per heavy atom. The van der Waals surface area contributed by atoms with E-state index < -0.39 is 17.9 Å². The van der Waals surface area contributed by atoms with Crippen LogP contribution in [-0.4, -0.2) is 46.7 Å². The maximum absolute atomic E-state index is 13.0. The van der Waals surface area contributed by atoms with Crippen molar-refractivity contribution in [3.8, 4) is 0 Å². The van der Waals surface area contributed by atoms with Gasteiger partial charge in [0.2, 0.25) is 0 Å². The molecular formula is C16H20FNO4. The topological polar surface area (TPSA) is 77.8 Å². The van der Waals surface area contributed by atoms with E-state index in [1.54, 1.807) is 12.1 Å². The second kappa shape index (κ2) is 7.35. The van der Waals surface area contributed by atoms with Gasteiger partial charge in [-0.3, -0.25) is 9.59 Å². The highest BCUT2D eigenvalue weighted by Crippen LogP contribution is 2.33. The van der Waals surface area contributed by atoms with Crippen LogP contribution < -0.4 is 0 Å². The molecule has 5 nitrogen and oxygen atoms in total. The number of carboxylic acids is 2. The van der Waals surface area contributed by atoms with Gasteiger partial charge in [-0.25, -0.2) is 4.39 Å². The third-order valence-corrected chi connectivity index (χ3v) is 4.13. The fourth-order valence-electron chi connectivity index (χ4n) is 2.98. The number of carboxylic acid groups (broad SMARTS) is 2. The van der Waals surface area contributed by atoms with Crippen LogP contribution >= 0.6 is 0 Å². The summed E-state index contributed by atoms with van der Waals surface area (Å²) in [5.41, 5.74) is 0.835. The fourth-order valence-corrected chi connectivity index (χ4v) is 2.98. The molecule has 6 heteroatoms. The number of hydrogen-bond donors (Lipinski definition) is 2. The Bertz CT molecular complexity index is 531. The maximum Gasteiger partial charge on any atom is 0.308 e. The van der Waals surface area contributed by atoms with Gasteiger partial charge in [0.05, 0.1) is 5.92 Å². The minimum atomic E-state index is -0.845. The quantitative estimate of drug-likeness (QED) is 0.755. The molecule has 2 rings (SSSR count). The first kappa shape index (κ1) is 16.4. The van der Waals surface area contributed by atoms with Crippen LogP contribution in [0.15, 0.2) is 24.3 Å². The van der Waals surface area contributed by atoms with Crippen molar-refractivity contribution in [2.75, 3.05) is 19.6 Å². The summed E-state index contributed by atoms with van der Waals surface area (Å²) >= 11 is 0. The average molecular weight is 309 g/mol. The zero-order valence-corrected chi connectivity index (χ0v) is 12.2. The van der Waals surface area contributed by atoms with E-state index in [9.17, 15) is 19.1 Å². The summed E-state index contributed by atoms with van der Waals surface area (Å²) in [6.07, 6.45) is 1.46. The van der Waals surface area contributed by atoms with E-state index in [-0.39, 0.29) is 18.2 Å². The summed E-state index contributed by atoms with van der Waals surface area (Å²) in [6.45, 7) is 1.74. The number of unbranched alkanes of at least 4 members (excludes halogenated alkanes) is 1. The van der Waals surface area contributed by atoms with Gasteiger partial charge in [0, 0.05) is 25.4 Å². The number of aliphatic carboxylic acids is 2. The molecular weight excluding hydrogens is 289 g/mol. The zero-order valence-electron chi connectivity index (χ0n) is 12.2. The molecule has 1 fully saturated rings. The van der Waals surface area contributed by atoms with Gasteiger partial charge in [-0.15, -0.1) is 0 Å². The van der Waals surface area contributed by atoms with E-state index in [0.717, 1.165) is 12.0 Å².